The molecule has 0 saturated carbocycles. The minimum Gasteiger partial charge on any atom is -0.431 e. The van der Waals surface area contributed by atoms with Crippen molar-refractivity contribution in [2.24, 2.45) is 0 Å². The third-order valence-corrected chi connectivity index (χ3v) is 1.58. The van der Waals surface area contributed by atoms with Gasteiger partial charge in [-0.25, -0.2) is 0 Å². The van der Waals surface area contributed by atoms with Gasteiger partial charge in [-0.05, 0) is 12.1 Å². The fourth-order valence-electron chi connectivity index (χ4n) is 0.923. The highest BCUT2D eigenvalue weighted by Gasteiger charge is 2.11. The van der Waals surface area contributed by atoms with Crippen LogP contribution in [0.3, 0.4) is 0 Å². The number of para-hydroxylation sites is 2. The van der Waals surface area contributed by atoms with E-state index < -0.39 is 12.6 Å². The van der Waals surface area contributed by atoms with E-state index in [-0.39, 0.29) is 17.9 Å². The first-order valence-corrected chi connectivity index (χ1v) is 4.38. The molecular formula is C10H10F2O3. The maximum atomic E-state index is 12.0. The van der Waals surface area contributed by atoms with Crippen molar-refractivity contribution < 1.29 is 23.0 Å². The minimum atomic E-state index is -2.94. The summed E-state index contributed by atoms with van der Waals surface area (Å²) in [6.07, 6.45) is 0.170. The number of halogens is 2. The predicted octanol–water partition coefficient (Wildman–Crippen LogP) is 2.60. The summed E-state index contributed by atoms with van der Waals surface area (Å²) >= 11 is 0. The first-order chi connectivity index (χ1) is 7.13. The number of esters is 1. The molecule has 0 spiro atoms. The Bertz CT molecular complexity index is 339. The third-order valence-electron chi connectivity index (χ3n) is 1.58. The Morgan fingerprint density at radius 3 is 2.47 bits per heavy atom. The fourth-order valence-corrected chi connectivity index (χ4v) is 0.923. The van der Waals surface area contributed by atoms with Crippen LogP contribution in [0.25, 0.3) is 0 Å². The van der Waals surface area contributed by atoms with Gasteiger partial charge in [0.05, 0.1) is 0 Å². The van der Waals surface area contributed by atoms with E-state index in [1.807, 2.05) is 0 Å². The predicted molar refractivity (Wildman–Crippen MR) is 49.0 cm³/mol. The molecule has 0 radical (unpaired) electrons. The van der Waals surface area contributed by atoms with E-state index in [4.69, 9.17) is 4.74 Å². The monoisotopic (exact) mass is 216 g/mol. The van der Waals surface area contributed by atoms with Crippen LogP contribution in [0.1, 0.15) is 13.3 Å². The van der Waals surface area contributed by atoms with Gasteiger partial charge in [-0.1, -0.05) is 19.1 Å². The minimum absolute atomic E-state index is 0.00431. The van der Waals surface area contributed by atoms with Crippen molar-refractivity contribution in [1.82, 2.24) is 0 Å². The summed E-state index contributed by atoms with van der Waals surface area (Å²) in [4.78, 5) is 11.0. The zero-order valence-electron chi connectivity index (χ0n) is 8.07. The molecule has 0 heterocycles. The van der Waals surface area contributed by atoms with E-state index in [0.29, 0.717) is 0 Å². The molecule has 1 aromatic rings. The molecule has 0 saturated heterocycles. The van der Waals surface area contributed by atoms with Gasteiger partial charge in [0.25, 0.3) is 0 Å². The molecule has 0 atom stereocenters. The van der Waals surface area contributed by atoms with Crippen molar-refractivity contribution in [2.45, 2.75) is 20.0 Å². The van der Waals surface area contributed by atoms with E-state index in [1.54, 1.807) is 13.0 Å². The Kier molecular flexibility index (Phi) is 4.03. The summed E-state index contributed by atoms with van der Waals surface area (Å²) < 4.78 is 32.9. The topological polar surface area (TPSA) is 35.5 Å². The van der Waals surface area contributed by atoms with Crippen LogP contribution in [0.5, 0.6) is 11.5 Å². The van der Waals surface area contributed by atoms with E-state index in [9.17, 15) is 13.6 Å². The van der Waals surface area contributed by atoms with Gasteiger partial charge in [-0.3, -0.25) is 4.79 Å². The van der Waals surface area contributed by atoms with E-state index in [2.05, 4.69) is 4.74 Å². The fraction of sp³-hybridized carbons (Fsp3) is 0.300. The SMILES string of the molecule is CCC(=O)Oc1ccccc1OC(F)F. The first-order valence-electron chi connectivity index (χ1n) is 4.38. The lowest BCUT2D eigenvalue weighted by atomic mass is 10.3. The summed E-state index contributed by atoms with van der Waals surface area (Å²) in [7, 11) is 0. The molecule has 0 fully saturated rings. The second-order valence-electron chi connectivity index (χ2n) is 2.65. The molecule has 0 aromatic heterocycles. The largest absolute Gasteiger partial charge is 0.431 e. The Balaban J connectivity index is 2.81. The van der Waals surface area contributed by atoms with Crippen LogP contribution in [0, 0.1) is 0 Å². The maximum absolute atomic E-state index is 12.0. The van der Waals surface area contributed by atoms with Crippen molar-refractivity contribution in [1.29, 1.82) is 0 Å². The van der Waals surface area contributed by atoms with Crippen LogP contribution in [0.2, 0.25) is 0 Å². The number of carbonyl (C=O) groups is 1. The van der Waals surface area contributed by atoms with Gasteiger partial charge in [0.15, 0.2) is 11.5 Å². The lowest BCUT2D eigenvalue weighted by Crippen LogP contribution is -2.09. The molecule has 0 unspecified atom stereocenters. The van der Waals surface area contributed by atoms with Crippen LogP contribution in [-0.2, 0) is 4.79 Å². The van der Waals surface area contributed by atoms with Gasteiger partial charge in [0, 0.05) is 6.42 Å². The molecule has 0 amide bonds. The van der Waals surface area contributed by atoms with Crippen LogP contribution in [0.4, 0.5) is 8.78 Å². The van der Waals surface area contributed by atoms with Gasteiger partial charge in [-0.15, -0.1) is 0 Å². The molecule has 15 heavy (non-hydrogen) atoms. The smallest absolute Gasteiger partial charge is 0.387 e. The van der Waals surface area contributed by atoms with Gasteiger partial charge < -0.3 is 9.47 Å². The highest BCUT2D eigenvalue weighted by molar-refractivity contribution is 5.72. The normalized spacial score (nSPS) is 10.1. The number of rotatable bonds is 4. The van der Waals surface area contributed by atoms with Gasteiger partial charge in [0.2, 0.25) is 0 Å². The summed E-state index contributed by atoms with van der Waals surface area (Å²) in [5.41, 5.74) is 0. The summed E-state index contributed by atoms with van der Waals surface area (Å²) in [5, 5.41) is 0. The van der Waals surface area contributed by atoms with Gasteiger partial charge in [-0.2, -0.15) is 8.78 Å². The van der Waals surface area contributed by atoms with E-state index in [1.165, 1.54) is 18.2 Å². The lowest BCUT2D eigenvalue weighted by molar-refractivity contribution is -0.134. The van der Waals surface area contributed by atoms with Gasteiger partial charge >= 0.3 is 12.6 Å². The number of carbonyl (C=O) groups excluding carboxylic acids is 1. The van der Waals surface area contributed by atoms with Crippen molar-refractivity contribution in [2.75, 3.05) is 0 Å². The third kappa shape index (κ3) is 3.53. The Hall–Kier alpha value is -1.65. The molecule has 0 aliphatic carbocycles. The second kappa shape index (κ2) is 5.29. The molecule has 0 bridgehead atoms. The van der Waals surface area contributed by atoms with Gasteiger partial charge in [0.1, 0.15) is 0 Å². The zero-order chi connectivity index (χ0) is 11.3. The highest BCUT2D eigenvalue weighted by Crippen LogP contribution is 2.28. The van der Waals surface area contributed by atoms with Crippen molar-refractivity contribution in [3.63, 3.8) is 0 Å². The van der Waals surface area contributed by atoms with Crippen LogP contribution in [0.15, 0.2) is 24.3 Å². The van der Waals surface area contributed by atoms with Crippen molar-refractivity contribution in [3.8, 4) is 11.5 Å². The molecule has 1 rings (SSSR count). The Labute approximate surface area is 85.6 Å². The lowest BCUT2D eigenvalue weighted by Gasteiger charge is -2.09. The summed E-state index contributed by atoms with van der Waals surface area (Å²) in [6, 6.07) is 5.79. The van der Waals surface area contributed by atoms with Crippen LogP contribution >= 0.6 is 0 Å². The standard InChI is InChI=1S/C10H10F2O3/c1-2-9(13)14-7-5-3-4-6-8(7)15-10(11)12/h3-6,10H,2H2,1H3. The molecule has 3 nitrogen and oxygen atoms in total. The number of benzene rings is 1. The molecule has 0 N–H and O–H groups in total. The molecule has 0 aliphatic heterocycles. The quantitative estimate of drug-likeness (QED) is 0.573. The maximum Gasteiger partial charge on any atom is 0.387 e. The number of ether oxygens (including phenoxy) is 2. The average Bonchev–Trinajstić information content (AvgIpc) is 2.20. The van der Waals surface area contributed by atoms with Crippen molar-refractivity contribution in [3.05, 3.63) is 24.3 Å². The zero-order valence-corrected chi connectivity index (χ0v) is 8.07. The molecule has 5 heteroatoms. The first kappa shape index (κ1) is 11.4. The summed E-state index contributed by atoms with van der Waals surface area (Å²) in [6.45, 7) is -1.33. The number of alkyl halides is 2. The number of hydrogen-bond donors (Lipinski definition) is 0. The second-order valence-corrected chi connectivity index (χ2v) is 2.65. The molecule has 1 aromatic carbocycles. The van der Waals surface area contributed by atoms with E-state index in [0.717, 1.165) is 0 Å². The van der Waals surface area contributed by atoms with E-state index >= 15 is 0 Å². The summed E-state index contributed by atoms with van der Waals surface area (Å²) in [5.74, 6) is -0.640. The number of hydrogen-bond acceptors (Lipinski definition) is 3. The highest BCUT2D eigenvalue weighted by atomic mass is 19.3. The average molecular weight is 216 g/mol. The Morgan fingerprint density at radius 2 is 1.93 bits per heavy atom. The molecule has 0 aliphatic rings. The Morgan fingerprint density at radius 1 is 1.33 bits per heavy atom. The van der Waals surface area contributed by atoms with Crippen LogP contribution < -0.4 is 9.47 Å². The molecule has 82 valence electrons. The van der Waals surface area contributed by atoms with Crippen LogP contribution in [-0.4, -0.2) is 12.6 Å². The molecular weight excluding hydrogens is 206 g/mol. The van der Waals surface area contributed by atoms with Crippen molar-refractivity contribution >= 4 is 5.97 Å².